The molecule has 132 valence electrons. The Balaban J connectivity index is 1.52. The molecule has 3 rings (SSSR count). The second-order valence-electron chi connectivity index (χ2n) is 6.49. The van der Waals surface area contributed by atoms with E-state index < -0.39 is 4.92 Å². The van der Waals surface area contributed by atoms with Crippen LogP contribution in [0.1, 0.15) is 24.8 Å². The monoisotopic (exact) mass is 343 g/mol. The first kappa shape index (κ1) is 17.2. The number of nitriles is 1. The van der Waals surface area contributed by atoms with Gasteiger partial charge >= 0.3 is 0 Å². The highest BCUT2D eigenvalue weighted by atomic mass is 16.6. The predicted molar refractivity (Wildman–Crippen MR) is 92.2 cm³/mol. The van der Waals surface area contributed by atoms with Crippen LogP contribution >= 0.6 is 0 Å². The number of carbonyl (C=O) groups is 1. The van der Waals surface area contributed by atoms with Crippen LogP contribution in [0.5, 0.6) is 0 Å². The van der Waals surface area contributed by atoms with E-state index >= 15 is 0 Å². The molecule has 1 N–H and O–H groups in total. The Bertz CT molecular complexity index is 703. The third-order valence-corrected chi connectivity index (χ3v) is 4.62. The zero-order valence-corrected chi connectivity index (χ0v) is 14.0. The second kappa shape index (κ2) is 7.49. The Morgan fingerprint density at radius 3 is 2.64 bits per heavy atom. The molecule has 2 aliphatic rings. The predicted octanol–water partition coefficient (Wildman–Crippen LogP) is 1.26. The molecule has 1 aromatic rings. The average molecular weight is 343 g/mol. The van der Waals surface area contributed by atoms with Crippen LogP contribution in [0.3, 0.4) is 0 Å². The number of nitrogens with one attached hydrogen (secondary N) is 1. The van der Waals surface area contributed by atoms with Crippen molar-refractivity contribution in [2.45, 2.75) is 25.3 Å². The molecular formula is C17H21N5O3. The minimum Gasteiger partial charge on any atom is -0.368 e. The van der Waals surface area contributed by atoms with Crippen molar-refractivity contribution in [2.24, 2.45) is 0 Å². The summed E-state index contributed by atoms with van der Waals surface area (Å²) in [5.41, 5.74) is 0.992. The normalized spacial score (nSPS) is 17.8. The van der Waals surface area contributed by atoms with E-state index in [0.717, 1.165) is 51.3 Å². The van der Waals surface area contributed by atoms with E-state index in [1.54, 1.807) is 6.07 Å². The fourth-order valence-electron chi connectivity index (χ4n) is 3.00. The Kier molecular flexibility index (Phi) is 5.14. The lowest BCUT2D eigenvalue weighted by molar-refractivity contribution is -0.384. The maximum Gasteiger partial charge on any atom is 0.270 e. The minimum absolute atomic E-state index is 0.0689. The number of piperazine rings is 1. The van der Waals surface area contributed by atoms with Gasteiger partial charge in [-0.05, 0) is 18.9 Å². The molecule has 25 heavy (non-hydrogen) atoms. The molecule has 1 amide bonds. The molecule has 1 heterocycles. The zero-order chi connectivity index (χ0) is 17.8. The first-order chi connectivity index (χ1) is 12.1. The van der Waals surface area contributed by atoms with Gasteiger partial charge in [-0.25, -0.2) is 0 Å². The van der Waals surface area contributed by atoms with Crippen molar-refractivity contribution in [3.05, 3.63) is 33.9 Å². The number of benzene rings is 1. The molecule has 1 aliphatic carbocycles. The topological polar surface area (TPSA) is 103 Å². The molecule has 2 fully saturated rings. The lowest BCUT2D eigenvalue weighted by Gasteiger charge is -2.36. The van der Waals surface area contributed by atoms with Gasteiger partial charge in [0.1, 0.15) is 6.07 Å². The first-order valence-electron chi connectivity index (χ1n) is 8.52. The Morgan fingerprint density at radius 1 is 1.32 bits per heavy atom. The van der Waals surface area contributed by atoms with Crippen molar-refractivity contribution in [2.75, 3.05) is 37.6 Å². The van der Waals surface area contributed by atoms with Gasteiger partial charge in [-0.15, -0.1) is 0 Å². The summed E-state index contributed by atoms with van der Waals surface area (Å²) < 4.78 is 0. The summed E-state index contributed by atoms with van der Waals surface area (Å²) in [7, 11) is 0. The SMILES string of the molecule is N#Cc1cc([N+](=O)[O-])ccc1N1CCN(CCC(=O)NC2CC2)CC1. The summed E-state index contributed by atoms with van der Waals surface area (Å²) in [4.78, 5) is 26.4. The molecule has 0 aromatic heterocycles. The number of nitro benzene ring substituents is 1. The molecule has 0 bridgehead atoms. The molecule has 8 heteroatoms. The quantitative estimate of drug-likeness (QED) is 0.616. The number of hydrogen-bond donors (Lipinski definition) is 1. The number of non-ortho nitro benzene ring substituents is 1. The van der Waals surface area contributed by atoms with E-state index in [4.69, 9.17) is 0 Å². The van der Waals surface area contributed by atoms with Crippen LogP contribution in [0.15, 0.2) is 18.2 Å². The third-order valence-electron chi connectivity index (χ3n) is 4.62. The zero-order valence-electron chi connectivity index (χ0n) is 14.0. The van der Waals surface area contributed by atoms with E-state index in [2.05, 4.69) is 21.2 Å². The number of amides is 1. The highest BCUT2D eigenvalue weighted by Gasteiger charge is 2.24. The molecule has 0 atom stereocenters. The van der Waals surface area contributed by atoms with Gasteiger partial charge in [0.25, 0.3) is 5.69 Å². The molecule has 1 aliphatic heterocycles. The first-order valence-corrected chi connectivity index (χ1v) is 8.52. The van der Waals surface area contributed by atoms with Crippen LogP contribution in [0.2, 0.25) is 0 Å². The van der Waals surface area contributed by atoms with Crippen LogP contribution < -0.4 is 10.2 Å². The van der Waals surface area contributed by atoms with E-state index in [1.807, 2.05) is 0 Å². The van der Waals surface area contributed by atoms with Crippen molar-refractivity contribution in [3.8, 4) is 6.07 Å². The maximum absolute atomic E-state index is 11.8. The number of hydrogen-bond acceptors (Lipinski definition) is 6. The van der Waals surface area contributed by atoms with Crippen molar-refractivity contribution < 1.29 is 9.72 Å². The molecule has 0 spiro atoms. The van der Waals surface area contributed by atoms with Gasteiger partial charge in [0.2, 0.25) is 5.91 Å². The molecule has 1 saturated heterocycles. The van der Waals surface area contributed by atoms with Gasteiger partial charge in [-0.2, -0.15) is 5.26 Å². The van der Waals surface area contributed by atoms with E-state index in [-0.39, 0.29) is 11.6 Å². The number of rotatable bonds is 6. The maximum atomic E-state index is 11.8. The summed E-state index contributed by atoms with van der Waals surface area (Å²) in [5.74, 6) is 0.118. The van der Waals surface area contributed by atoms with Crippen LogP contribution in [0.25, 0.3) is 0 Å². The molecule has 0 radical (unpaired) electrons. The third kappa shape index (κ3) is 4.45. The molecule has 0 unspecified atom stereocenters. The fourth-order valence-corrected chi connectivity index (χ4v) is 3.00. The van der Waals surface area contributed by atoms with Gasteiger partial charge in [0.15, 0.2) is 0 Å². The van der Waals surface area contributed by atoms with Crippen molar-refractivity contribution in [3.63, 3.8) is 0 Å². The van der Waals surface area contributed by atoms with Crippen molar-refractivity contribution >= 4 is 17.3 Å². The summed E-state index contributed by atoms with van der Waals surface area (Å²) in [6.45, 7) is 3.81. The summed E-state index contributed by atoms with van der Waals surface area (Å²) >= 11 is 0. The van der Waals surface area contributed by atoms with Crippen molar-refractivity contribution in [1.82, 2.24) is 10.2 Å². The van der Waals surface area contributed by atoms with Gasteiger partial charge in [-0.1, -0.05) is 0 Å². The van der Waals surface area contributed by atoms with E-state index in [1.165, 1.54) is 12.1 Å². The van der Waals surface area contributed by atoms with Crippen LogP contribution in [-0.4, -0.2) is 54.5 Å². The molecule has 8 nitrogen and oxygen atoms in total. The van der Waals surface area contributed by atoms with E-state index in [0.29, 0.717) is 18.0 Å². The lowest BCUT2D eigenvalue weighted by atomic mass is 10.1. The number of nitro groups is 1. The second-order valence-corrected chi connectivity index (χ2v) is 6.49. The molecular weight excluding hydrogens is 322 g/mol. The Hall–Kier alpha value is -2.66. The van der Waals surface area contributed by atoms with E-state index in [9.17, 15) is 20.2 Å². The van der Waals surface area contributed by atoms with Gasteiger partial charge in [0.05, 0.1) is 16.2 Å². The number of carbonyl (C=O) groups excluding carboxylic acids is 1. The minimum atomic E-state index is -0.491. The van der Waals surface area contributed by atoms with Crippen molar-refractivity contribution in [1.29, 1.82) is 5.26 Å². The fraction of sp³-hybridized carbons (Fsp3) is 0.529. The highest BCUT2D eigenvalue weighted by molar-refractivity contribution is 5.76. The van der Waals surface area contributed by atoms with Gasteiger partial charge in [0, 0.05) is 57.3 Å². The molecule has 1 saturated carbocycles. The number of anilines is 1. The smallest absolute Gasteiger partial charge is 0.270 e. The van der Waals surface area contributed by atoms with Gasteiger partial charge in [-0.3, -0.25) is 19.8 Å². The van der Waals surface area contributed by atoms with Crippen LogP contribution in [0, 0.1) is 21.4 Å². The van der Waals surface area contributed by atoms with Gasteiger partial charge < -0.3 is 10.2 Å². The highest BCUT2D eigenvalue weighted by Crippen LogP contribution is 2.26. The standard InChI is InChI=1S/C17H21N5O3/c18-12-13-11-15(22(24)25)3-4-16(13)21-9-7-20(8-10-21)6-5-17(23)19-14-1-2-14/h3-4,11,14H,1-2,5-10H2,(H,19,23). The lowest BCUT2D eigenvalue weighted by Crippen LogP contribution is -2.47. The Morgan fingerprint density at radius 2 is 2.04 bits per heavy atom. The summed E-state index contributed by atoms with van der Waals surface area (Å²) in [5, 5.41) is 23.1. The largest absolute Gasteiger partial charge is 0.368 e. The average Bonchev–Trinajstić information content (AvgIpc) is 3.43. The summed E-state index contributed by atoms with van der Waals surface area (Å²) in [6, 6.07) is 6.86. The molecule has 1 aromatic carbocycles. The van der Waals surface area contributed by atoms with Crippen LogP contribution in [0.4, 0.5) is 11.4 Å². The van der Waals surface area contributed by atoms with Crippen LogP contribution in [-0.2, 0) is 4.79 Å². The summed E-state index contributed by atoms with van der Waals surface area (Å²) in [6.07, 6.45) is 2.71. The number of nitrogens with zero attached hydrogens (tertiary/aromatic N) is 4. The Labute approximate surface area is 146 Å².